The van der Waals surface area contributed by atoms with E-state index in [4.69, 9.17) is 5.21 Å². The molecule has 1 atom stereocenters. The Morgan fingerprint density at radius 2 is 1.77 bits per heavy atom. The summed E-state index contributed by atoms with van der Waals surface area (Å²) in [6.45, 7) is 7.81. The third-order valence-corrected chi connectivity index (χ3v) is 3.05. The van der Waals surface area contributed by atoms with Crippen LogP contribution in [0.4, 0.5) is 4.79 Å². The average molecular weight is 307 g/mol. The van der Waals surface area contributed by atoms with E-state index in [0.717, 1.165) is 18.4 Å². The molecule has 4 N–H and O–H groups in total. The maximum Gasteiger partial charge on any atom is 0.315 e. The summed E-state index contributed by atoms with van der Waals surface area (Å²) in [5.74, 6) is -0.558. The lowest BCUT2D eigenvalue weighted by Gasteiger charge is -2.24. The fourth-order valence-corrected chi connectivity index (χ4v) is 2.08. The first kappa shape index (κ1) is 18.0. The normalized spacial score (nSPS) is 12.4. The Hall–Kier alpha value is -2.08. The molecule has 0 heterocycles. The Kier molecular flexibility index (Phi) is 6.37. The summed E-state index contributed by atoms with van der Waals surface area (Å²) >= 11 is 0. The second kappa shape index (κ2) is 7.79. The average Bonchev–Trinajstić information content (AvgIpc) is 2.44. The molecule has 1 rings (SSSR count). The monoisotopic (exact) mass is 307 g/mol. The molecule has 0 aliphatic carbocycles. The highest BCUT2D eigenvalue weighted by atomic mass is 16.5. The molecule has 0 fully saturated rings. The zero-order valence-electron chi connectivity index (χ0n) is 13.6. The number of hydrogen-bond acceptors (Lipinski definition) is 3. The number of benzene rings is 1. The minimum absolute atomic E-state index is 0.126. The van der Waals surface area contributed by atoms with Crippen LogP contribution in [0, 0.1) is 0 Å². The van der Waals surface area contributed by atoms with Gasteiger partial charge in [-0.15, -0.1) is 0 Å². The Morgan fingerprint density at radius 3 is 2.23 bits per heavy atom. The van der Waals surface area contributed by atoms with Crippen molar-refractivity contribution in [2.24, 2.45) is 0 Å². The van der Waals surface area contributed by atoms with Gasteiger partial charge in [-0.2, -0.15) is 0 Å². The van der Waals surface area contributed by atoms with Crippen LogP contribution in [0.1, 0.15) is 62.5 Å². The summed E-state index contributed by atoms with van der Waals surface area (Å²) in [6.07, 6.45) is 1.71. The lowest BCUT2D eigenvalue weighted by molar-refractivity contribution is 0.0706. The number of amides is 3. The molecule has 6 heteroatoms. The van der Waals surface area contributed by atoms with Crippen LogP contribution in [-0.2, 0) is 0 Å². The number of nitrogens with one attached hydrogen (secondary N) is 3. The van der Waals surface area contributed by atoms with Crippen molar-refractivity contribution >= 4 is 11.9 Å². The fraction of sp³-hybridized carbons (Fsp3) is 0.500. The molecule has 0 radical (unpaired) electrons. The van der Waals surface area contributed by atoms with Gasteiger partial charge in [0.05, 0.1) is 6.04 Å². The lowest BCUT2D eigenvalue weighted by Crippen LogP contribution is -2.47. The van der Waals surface area contributed by atoms with Gasteiger partial charge in [0.2, 0.25) is 0 Å². The third kappa shape index (κ3) is 5.73. The molecule has 6 nitrogen and oxygen atoms in total. The Bertz CT molecular complexity index is 506. The van der Waals surface area contributed by atoms with Gasteiger partial charge < -0.3 is 10.6 Å². The topological polar surface area (TPSA) is 90.5 Å². The van der Waals surface area contributed by atoms with Crippen molar-refractivity contribution in [3.63, 3.8) is 0 Å². The molecule has 1 aromatic carbocycles. The molecule has 22 heavy (non-hydrogen) atoms. The van der Waals surface area contributed by atoms with Crippen LogP contribution in [0.15, 0.2) is 24.3 Å². The molecular formula is C16H25N3O3. The Labute approximate surface area is 131 Å². The van der Waals surface area contributed by atoms with Crippen molar-refractivity contribution in [1.82, 2.24) is 16.1 Å². The van der Waals surface area contributed by atoms with E-state index in [2.05, 4.69) is 10.6 Å². The summed E-state index contributed by atoms with van der Waals surface area (Å²) in [5.41, 5.74) is 2.57. The molecule has 0 aliphatic rings. The number of carbonyl (C=O) groups excluding carboxylic acids is 2. The smallest absolute Gasteiger partial charge is 0.315 e. The van der Waals surface area contributed by atoms with Crippen LogP contribution in [0.3, 0.4) is 0 Å². The number of urea groups is 1. The van der Waals surface area contributed by atoms with Crippen LogP contribution in [-0.4, -0.2) is 22.7 Å². The van der Waals surface area contributed by atoms with E-state index in [1.807, 2.05) is 27.7 Å². The van der Waals surface area contributed by atoms with Gasteiger partial charge in [0.1, 0.15) is 0 Å². The van der Waals surface area contributed by atoms with Crippen molar-refractivity contribution in [3.05, 3.63) is 35.4 Å². The Morgan fingerprint density at radius 1 is 1.18 bits per heavy atom. The molecule has 1 aromatic rings. The van der Waals surface area contributed by atoms with E-state index in [1.165, 1.54) is 0 Å². The number of rotatable bonds is 5. The fourth-order valence-electron chi connectivity index (χ4n) is 2.08. The van der Waals surface area contributed by atoms with Crippen molar-refractivity contribution in [3.8, 4) is 0 Å². The predicted molar refractivity (Wildman–Crippen MR) is 84.8 cm³/mol. The highest BCUT2D eigenvalue weighted by Gasteiger charge is 2.18. The summed E-state index contributed by atoms with van der Waals surface area (Å²) in [4.78, 5) is 23.3. The summed E-state index contributed by atoms with van der Waals surface area (Å²) in [5, 5.41) is 14.4. The van der Waals surface area contributed by atoms with Gasteiger partial charge in [0.25, 0.3) is 5.91 Å². The first-order chi connectivity index (χ1) is 10.3. The van der Waals surface area contributed by atoms with E-state index in [-0.39, 0.29) is 17.6 Å². The lowest BCUT2D eigenvalue weighted by atomic mass is 10.0. The summed E-state index contributed by atoms with van der Waals surface area (Å²) in [6, 6.07) is 6.45. The Balaban J connectivity index is 2.82. The predicted octanol–water partition coefficient (Wildman–Crippen LogP) is 2.74. The van der Waals surface area contributed by atoms with Crippen LogP contribution in [0.2, 0.25) is 0 Å². The second-order valence-corrected chi connectivity index (χ2v) is 6.25. The number of carbonyl (C=O) groups is 2. The highest BCUT2D eigenvalue weighted by Crippen LogP contribution is 2.19. The first-order valence-corrected chi connectivity index (χ1v) is 7.40. The van der Waals surface area contributed by atoms with Gasteiger partial charge >= 0.3 is 6.03 Å². The SMILES string of the molecule is CCCC(NC(=O)NC(C)(C)C)c1ccc(C(=O)NO)cc1. The van der Waals surface area contributed by atoms with Crippen LogP contribution < -0.4 is 16.1 Å². The van der Waals surface area contributed by atoms with E-state index < -0.39 is 5.91 Å². The minimum atomic E-state index is -0.558. The molecular weight excluding hydrogens is 282 g/mol. The largest absolute Gasteiger partial charge is 0.334 e. The molecule has 0 aliphatic heterocycles. The second-order valence-electron chi connectivity index (χ2n) is 6.25. The highest BCUT2D eigenvalue weighted by molar-refractivity contribution is 5.93. The first-order valence-electron chi connectivity index (χ1n) is 7.40. The van der Waals surface area contributed by atoms with E-state index in [9.17, 15) is 9.59 Å². The zero-order chi connectivity index (χ0) is 16.8. The zero-order valence-corrected chi connectivity index (χ0v) is 13.6. The summed E-state index contributed by atoms with van der Waals surface area (Å²) < 4.78 is 0. The number of hydroxylamine groups is 1. The van der Waals surface area contributed by atoms with Gasteiger partial charge in [-0.3, -0.25) is 10.0 Å². The molecule has 0 spiro atoms. The van der Waals surface area contributed by atoms with E-state index >= 15 is 0 Å². The molecule has 122 valence electrons. The molecule has 0 aromatic heterocycles. The van der Waals surface area contributed by atoms with Gasteiger partial charge in [-0.1, -0.05) is 25.5 Å². The maximum absolute atomic E-state index is 12.0. The van der Waals surface area contributed by atoms with Crippen molar-refractivity contribution in [1.29, 1.82) is 0 Å². The van der Waals surface area contributed by atoms with Crippen LogP contribution >= 0.6 is 0 Å². The summed E-state index contributed by atoms with van der Waals surface area (Å²) in [7, 11) is 0. The van der Waals surface area contributed by atoms with Gasteiger partial charge in [0.15, 0.2) is 0 Å². The van der Waals surface area contributed by atoms with Crippen LogP contribution in [0.5, 0.6) is 0 Å². The standard InChI is InChI=1S/C16H25N3O3/c1-5-6-13(17-15(21)18-16(2,3)4)11-7-9-12(10-8-11)14(20)19-22/h7-10,13,22H,5-6H2,1-4H3,(H,19,20)(H2,17,18,21). The molecule has 3 amide bonds. The van der Waals surface area contributed by atoms with Crippen LogP contribution in [0.25, 0.3) is 0 Å². The molecule has 0 bridgehead atoms. The van der Waals surface area contributed by atoms with Gasteiger partial charge in [-0.05, 0) is 44.9 Å². The van der Waals surface area contributed by atoms with Crippen molar-refractivity contribution in [2.75, 3.05) is 0 Å². The molecule has 1 unspecified atom stereocenters. The number of hydrogen-bond donors (Lipinski definition) is 4. The van der Waals surface area contributed by atoms with Gasteiger partial charge in [0, 0.05) is 11.1 Å². The van der Waals surface area contributed by atoms with Gasteiger partial charge in [-0.25, -0.2) is 10.3 Å². The molecule has 0 saturated carbocycles. The van der Waals surface area contributed by atoms with E-state index in [1.54, 1.807) is 29.7 Å². The quantitative estimate of drug-likeness (QED) is 0.498. The van der Waals surface area contributed by atoms with E-state index in [0.29, 0.717) is 5.56 Å². The van der Waals surface area contributed by atoms with Crippen molar-refractivity contribution < 1.29 is 14.8 Å². The maximum atomic E-state index is 12.0. The third-order valence-electron chi connectivity index (χ3n) is 3.05. The molecule has 0 saturated heterocycles. The minimum Gasteiger partial charge on any atom is -0.334 e. The van der Waals surface area contributed by atoms with Crippen molar-refractivity contribution in [2.45, 2.75) is 52.1 Å².